The molecule has 0 radical (unpaired) electrons. The molecule has 2 heterocycles. The van der Waals surface area contributed by atoms with Crippen molar-refractivity contribution in [2.45, 2.75) is 31.8 Å². The summed E-state index contributed by atoms with van der Waals surface area (Å²) in [6, 6.07) is 9.21. The molecule has 0 spiro atoms. The minimum absolute atomic E-state index is 0.0652. The lowest BCUT2D eigenvalue weighted by atomic mass is 9.89. The average Bonchev–Trinajstić information content (AvgIpc) is 2.98. The molecule has 3 rings (SSSR count). The zero-order valence-corrected chi connectivity index (χ0v) is 12.3. The van der Waals surface area contributed by atoms with Crippen LogP contribution in [0, 0.1) is 0 Å². The standard InChI is InChI=1S/C16H18N4O2/c1-11(10-20-8-4-7-17-20)18-16(22)13-9-15(21)19-14-6-3-2-5-12(13)14/h2-8,11,13H,9-10H2,1H3,(H,18,22)(H,19,21)/t11-,13+/m1/s1. The molecular weight excluding hydrogens is 280 g/mol. The van der Waals surface area contributed by atoms with Crippen molar-refractivity contribution in [3.63, 3.8) is 0 Å². The van der Waals surface area contributed by atoms with E-state index in [1.807, 2.05) is 43.5 Å². The van der Waals surface area contributed by atoms with Gasteiger partial charge in [0.25, 0.3) is 0 Å². The Kier molecular flexibility index (Phi) is 3.91. The first-order valence-electron chi connectivity index (χ1n) is 7.30. The zero-order valence-electron chi connectivity index (χ0n) is 12.3. The highest BCUT2D eigenvalue weighted by atomic mass is 16.2. The predicted octanol–water partition coefficient (Wildman–Crippen LogP) is 1.51. The SMILES string of the molecule is C[C@H](Cn1cccn1)NC(=O)[C@H]1CC(=O)Nc2ccccc21. The summed E-state index contributed by atoms with van der Waals surface area (Å²) in [5.41, 5.74) is 1.59. The second kappa shape index (κ2) is 6.01. The van der Waals surface area contributed by atoms with Gasteiger partial charge in [-0.25, -0.2) is 0 Å². The van der Waals surface area contributed by atoms with Crippen molar-refractivity contribution in [1.29, 1.82) is 0 Å². The van der Waals surface area contributed by atoms with E-state index in [2.05, 4.69) is 15.7 Å². The third-order valence-corrected chi connectivity index (χ3v) is 3.73. The number of benzene rings is 1. The van der Waals surface area contributed by atoms with E-state index >= 15 is 0 Å². The number of carbonyl (C=O) groups is 2. The smallest absolute Gasteiger partial charge is 0.228 e. The number of fused-ring (bicyclic) bond motifs is 1. The van der Waals surface area contributed by atoms with Crippen molar-refractivity contribution in [2.24, 2.45) is 0 Å². The summed E-state index contributed by atoms with van der Waals surface area (Å²) in [5.74, 6) is -0.689. The number of nitrogens with one attached hydrogen (secondary N) is 2. The molecule has 1 aliphatic heterocycles. The molecule has 1 aromatic heterocycles. The molecule has 0 unspecified atom stereocenters. The maximum atomic E-state index is 12.5. The molecule has 2 aromatic rings. The first-order chi connectivity index (χ1) is 10.6. The van der Waals surface area contributed by atoms with E-state index in [4.69, 9.17) is 0 Å². The van der Waals surface area contributed by atoms with E-state index in [0.29, 0.717) is 6.54 Å². The first-order valence-corrected chi connectivity index (χ1v) is 7.30. The molecule has 2 amide bonds. The lowest BCUT2D eigenvalue weighted by molar-refractivity contribution is -0.126. The summed E-state index contributed by atoms with van der Waals surface area (Å²) >= 11 is 0. The molecule has 0 aliphatic carbocycles. The van der Waals surface area contributed by atoms with Crippen LogP contribution in [0.2, 0.25) is 0 Å². The van der Waals surface area contributed by atoms with Gasteiger partial charge in [0, 0.05) is 30.5 Å². The van der Waals surface area contributed by atoms with Gasteiger partial charge in [-0.15, -0.1) is 0 Å². The Morgan fingerprint density at radius 1 is 1.45 bits per heavy atom. The predicted molar refractivity (Wildman–Crippen MR) is 82.3 cm³/mol. The van der Waals surface area contributed by atoms with Gasteiger partial charge in [0.15, 0.2) is 0 Å². The van der Waals surface area contributed by atoms with E-state index < -0.39 is 5.92 Å². The summed E-state index contributed by atoms with van der Waals surface area (Å²) in [4.78, 5) is 24.3. The van der Waals surface area contributed by atoms with Crippen molar-refractivity contribution >= 4 is 17.5 Å². The van der Waals surface area contributed by atoms with Crippen LogP contribution in [-0.4, -0.2) is 27.6 Å². The Morgan fingerprint density at radius 3 is 3.05 bits per heavy atom. The first kappa shape index (κ1) is 14.3. The fourth-order valence-electron chi connectivity index (χ4n) is 2.72. The third-order valence-electron chi connectivity index (χ3n) is 3.73. The number of nitrogens with zero attached hydrogens (tertiary/aromatic N) is 2. The molecule has 2 N–H and O–H groups in total. The lowest BCUT2D eigenvalue weighted by Crippen LogP contribution is -2.41. The summed E-state index contributed by atoms with van der Waals surface area (Å²) < 4.78 is 1.77. The molecular formula is C16H18N4O2. The van der Waals surface area contributed by atoms with Gasteiger partial charge in [-0.2, -0.15) is 5.10 Å². The van der Waals surface area contributed by atoms with Crippen LogP contribution in [0.15, 0.2) is 42.7 Å². The number of anilines is 1. The topological polar surface area (TPSA) is 76.0 Å². The summed E-state index contributed by atoms with van der Waals surface area (Å²) in [6.45, 7) is 2.52. The summed E-state index contributed by atoms with van der Waals surface area (Å²) in [7, 11) is 0. The number of hydrogen-bond donors (Lipinski definition) is 2. The van der Waals surface area contributed by atoms with E-state index in [9.17, 15) is 9.59 Å². The highest BCUT2D eigenvalue weighted by Gasteiger charge is 2.30. The normalized spacial score (nSPS) is 18.2. The van der Waals surface area contributed by atoms with E-state index in [0.717, 1.165) is 11.3 Å². The van der Waals surface area contributed by atoms with Gasteiger partial charge in [0.1, 0.15) is 0 Å². The number of rotatable bonds is 4. The van der Waals surface area contributed by atoms with Crippen molar-refractivity contribution in [3.8, 4) is 0 Å². The molecule has 0 saturated carbocycles. The number of para-hydroxylation sites is 1. The van der Waals surface area contributed by atoms with Gasteiger partial charge in [0.05, 0.1) is 12.5 Å². The molecule has 114 valence electrons. The van der Waals surface area contributed by atoms with Crippen molar-refractivity contribution in [1.82, 2.24) is 15.1 Å². The molecule has 6 heteroatoms. The zero-order chi connectivity index (χ0) is 15.5. The van der Waals surface area contributed by atoms with Crippen LogP contribution < -0.4 is 10.6 Å². The van der Waals surface area contributed by atoms with E-state index in [1.165, 1.54) is 0 Å². The third kappa shape index (κ3) is 3.00. The van der Waals surface area contributed by atoms with Crippen LogP contribution in [0.3, 0.4) is 0 Å². The van der Waals surface area contributed by atoms with Crippen LogP contribution in [-0.2, 0) is 16.1 Å². The molecule has 0 saturated heterocycles. The van der Waals surface area contributed by atoms with Crippen LogP contribution in [0.1, 0.15) is 24.8 Å². The molecule has 0 bridgehead atoms. The van der Waals surface area contributed by atoms with Crippen molar-refractivity contribution in [3.05, 3.63) is 48.3 Å². The van der Waals surface area contributed by atoms with E-state index in [-0.39, 0.29) is 24.3 Å². The molecule has 22 heavy (non-hydrogen) atoms. The Hall–Kier alpha value is -2.63. The summed E-state index contributed by atoms with van der Waals surface area (Å²) in [5, 5.41) is 9.90. The fourth-order valence-corrected chi connectivity index (χ4v) is 2.72. The van der Waals surface area contributed by atoms with Gasteiger partial charge in [-0.1, -0.05) is 18.2 Å². The maximum absolute atomic E-state index is 12.5. The minimum atomic E-state index is -0.440. The number of amides is 2. The van der Waals surface area contributed by atoms with E-state index in [1.54, 1.807) is 10.9 Å². The number of aromatic nitrogens is 2. The lowest BCUT2D eigenvalue weighted by Gasteiger charge is -2.26. The van der Waals surface area contributed by atoms with Crippen molar-refractivity contribution < 1.29 is 9.59 Å². The molecule has 0 fully saturated rings. The average molecular weight is 298 g/mol. The number of hydrogen-bond acceptors (Lipinski definition) is 3. The minimum Gasteiger partial charge on any atom is -0.351 e. The van der Waals surface area contributed by atoms with Crippen LogP contribution in [0.4, 0.5) is 5.69 Å². The maximum Gasteiger partial charge on any atom is 0.228 e. The second-order valence-corrected chi connectivity index (χ2v) is 5.53. The van der Waals surface area contributed by atoms with Gasteiger partial charge in [-0.05, 0) is 24.6 Å². The van der Waals surface area contributed by atoms with Gasteiger partial charge in [0.2, 0.25) is 11.8 Å². The monoisotopic (exact) mass is 298 g/mol. The highest BCUT2D eigenvalue weighted by Crippen LogP contribution is 2.32. The Bertz CT molecular complexity index is 681. The molecule has 1 aromatic carbocycles. The highest BCUT2D eigenvalue weighted by molar-refractivity contribution is 6.01. The second-order valence-electron chi connectivity index (χ2n) is 5.53. The van der Waals surface area contributed by atoms with Crippen molar-refractivity contribution in [2.75, 3.05) is 5.32 Å². The van der Waals surface area contributed by atoms with Gasteiger partial charge >= 0.3 is 0 Å². The summed E-state index contributed by atoms with van der Waals surface area (Å²) in [6.07, 6.45) is 3.74. The molecule has 2 atom stereocenters. The number of carbonyl (C=O) groups excluding carboxylic acids is 2. The van der Waals surface area contributed by atoms with Crippen LogP contribution >= 0.6 is 0 Å². The van der Waals surface area contributed by atoms with Gasteiger partial charge in [-0.3, -0.25) is 14.3 Å². The van der Waals surface area contributed by atoms with Crippen LogP contribution in [0.25, 0.3) is 0 Å². The Morgan fingerprint density at radius 2 is 2.27 bits per heavy atom. The van der Waals surface area contributed by atoms with Crippen LogP contribution in [0.5, 0.6) is 0 Å². The van der Waals surface area contributed by atoms with Gasteiger partial charge < -0.3 is 10.6 Å². The largest absolute Gasteiger partial charge is 0.351 e. The Balaban J connectivity index is 1.71. The molecule has 1 aliphatic rings. The Labute approximate surface area is 128 Å². The fraction of sp³-hybridized carbons (Fsp3) is 0.312. The quantitative estimate of drug-likeness (QED) is 0.898. The molecule has 6 nitrogen and oxygen atoms in total.